The third-order valence-corrected chi connectivity index (χ3v) is 13.2. The molecule has 4 rings (SSSR count). The van der Waals surface area contributed by atoms with Gasteiger partial charge in [-0.3, -0.25) is 0 Å². The number of hydrogen-bond acceptors (Lipinski definition) is 9. The van der Waals surface area contributed by atoms with E-state index in [0.717, 1.165) is 0 Å². The zero-order valence-electron chi connectivity index (χ0n) is 23.4. The quantitative estimate of drug-likeness (QED) is 0.468. The van der Waals surface area contributed by atoms with Gasteiger partial charge in [-0.25, -0.2) is 0 Å². The molecule has 0 N–H and O–H groups in total. The first kappa shape index (κ1) is 28.3. The van der Waals surface area contributed by atoms with E-state index >= 15 is 0 Å². The minimum absolute atomic E-state index is 0.00774. The van der Waals surface area contributed by atoms with Crippen molar-refractivity contribution in [1.29, 1.82) is 0 Å². The van der Waals surface area contributed by atoms with Crippen LogP contribution in [0.15, 0.2) is 0 Å². The highest BCUT2D eigenvalue weighted by Gasteiger charge is 2.60. The van der Waals surface area contributed by atoms with Gasteiger partial charge < -0.3 is 37.6 Å². The number of ether oxygens (including phenoxy) is 7. The van der Waals surface area contributed by atoms with Crippen molar-refractivity contribution in [2.45, 2.75) is 153 Å². The van der Waals surface area contributed by atoms with Crippen LogP contribution in [0.3, 0.4) is 0 Å². The highest BCUT2D eigenvalue weighted by atomic mass is 32.2. The van der Waals surface area contributed by atoms with Gasteiger partial charge in [0.15, 0.2) is 26.2 Å². The Balaban J connectivity index is 1.65. The van der Waals surface area contributed by atoms with Crippen LogP contribution < -0.4 is 0 Å². The fourth-order valence-corrected chi connectivity index (χ4v) is 7.20. The molecule has 10 heteroatoms. The molecule has 4 aliphatic rings. The Morgan fingerprint density at radius 3 is 1.69 bits per heavy atom. The standard InChI is InChI=1S/C25H46O8SSi/c1-13-15-17(31-24(6,7)29-15)19(33-35(11,12)23(3,4)5)21(26-13)28-20-18-16(30-25(8,9)32-18)14(2)27-22(20)34-10/h13-22H,1-12H3/t13-,14-,15+,16+,17+,18+,19-,20-,21-,22+/m0/s1. The maximum absolute atomic E-state index is 6.96. The van der Waals surface area contributed by atoms with E-state index in [1.54, 1.807) is 11.8 Å². The molecule has 0 aromatic heterocycles. The first-order valence-electron chi connectivity index (χ1n) is 12.8. The van der Waals surface area contributed by atoms with Crippen LogP contribution in [0.1, 0.15) is 62.3 Å². The summed E-state index contributed by atoms with van der Waals surface area (Å²) in [6.07, 6.45) is -0.884. The smallest absolute Gasteiger partial charge is 0.192 e. The van der Waals surface area contributed by atoms with Gasteiger partial charge in [0.2, 0.25) is 0 Å². The van der Waals surface area contributed by atoms with Crippen molar-refractivity contribution < 1.29 is 37.6 Å². The van der Waals surface area contributed by atoms with Gasteiger partial charge in [0, 0.05) is 0 Å². The Hall–Kier alpha value is 0.247. The van der Waals surface area contributed by atoms with Gasteiger partial charge in [-0.15, -0.1) is 11.8 Å². The summed E-state index contributed by atoms with van der Waals surface area (Å²) in [5.41, 5.74) is -0.230. The van der Waals surface area contributed by atoms with Gasteiger partial charge in [-0.1, -0.05) is 20.8 Å². The van der Waals surface area contributed by atoms with Crippen molar-refractivity contribution in [1.82, 2.24) is 0 Å². The van der Waals surface area contributed by atoms with Gasteiger partial charge in [-0.2, -0.15) is 0 Å². The largest absolute Gasteiger partial charge is 0.406 e. The van der Waals surface area contributed by atoms with Gasteiger partial charge >= 0.3 is 0 Å². The predicted molar refractivity (Wildman–Crippen MR) is 137 cm³/mol. The molecule has 4 fully saturated rings. The third-order valence-electron chi connectivity index (χ3n) is 7.89. The van der Waals surface area contributed by atoms with Crippen LogP contribution in [0.2, 0.25) is 18.1 Å². The molecule has 4 saturated heterocycles. The predicted octanol–water partition coefficient (Wildman–Crippen LogP) is 4.65. The maximum Gasteiger partial charge on any atom is 0.192 e. The topological polar surface area (TPSA) is 73.8 Å². The summed E-state index contributed by atoms with van der Waals surface area (Å²) in [7, 11) is -2.20. The molecule has 0 saturated carbocycles. The van der Waals surface area contributed by atoms with Gasteiger partial charge in [-0.05, 0) is 65.9 Å². The normalized spacial score (nSPS) is 45.3. The van der Waals surface area contributed by atoms with Crippen LogP contribution in [0.5, 0.6) is 0 Å². The van der Waals surface area contributed by atoms with Crippen LogP contribution in [0, 0.1) is 0 Å². The van der Waals surface area contributed by atoms with E-state index in [4.69, 9.17) is 37.6 Å². The molecule has 0 unspecified atom stereocenters. The van der Waals surface area contributed by atoms with E-state index in [9.17, 15) is 0 Å². The summed E-state index contributed by atoms with van der Waals surface area (Å²) in [6, 6.07) is 0. The highest BCUT2D eigenvalue weighted by molar-refractivity contribution is 7.99. The van der Waals surface area contributed by atoms with Crippen molar-refractivity contribution in [3.8, 4) is 0 Å². The summed E-state index contributed by atoms with van der Waals surface area (Å²) in [6.45, 7) is 22.9. The van der Waals surface area contributed by atoms with Crippen LogP contribution in [-0.4, -0.2) is 86.7 Å². The molecule has 8 nitrogen and oxygen atoms in total. The van der Waals surface area contributed by atoms with Crippen molar-refractivity contribution >= 4 is 20.1 Å². The minimum Gasteiger partial charge on any atom is -0.406 e. The molecule has 204 valence electrons. The molecule has 0 aromatic carbocycles. The van der Waals surface area contributed by atoms with Crippen molar-refractivity contribution in [2.75, 3.05) is 6.26 Å². The summed E-state index contributed by atoms with van der Waals surface area (Å²) < 4.78 is 51.8. The molecule has 4 aliphatic heterocycles. The highest BCUT2D eigenvalue weighted by Crippen LogP contribution is 2.46. The van der Waals surface area contributed by atoms with Crippen molar-refractivity contribution in [3.05, 3.63) is 0 Å². The number of thioether (sulfide) groups is 1. The molecule has 0 radical (unpaired) electrons. The second-order valence-electron chi connectivity index (χ2n) is 12.7. The lowest BCUT2D eigenvalue weighted by Crippen LogP contribution is -2.63. The number of hydrogen-bond donors (Lipinski definition) is 0. The molecule has 4 heterocycles. The zero-order valence-corrected chi connectivity index (χ0v) is 25.3. The summed E-state index contributed by atoms with van der Waals surface area (Å²) >= 11 is 1.61. The lowest BCUT2D eigenvalue weighted by Gasteiger charge is -2.49. The molecule has 0 spiro atoms. The van der Waals surface area contributed by atoms with E-state index in [1.807, 2.05) is 47.8 Å². The van der Waals surface area contributed by atoms with Crippen LogP contribution in [0.25, 0.3) is 0 Å². The summed E-state index contributed by atoms with van der Waals surface area (Å²) in [5.74, 6) is -1.43. The molecule has 0 bridgehead atoms. The minimum atomic E-state index is -2.20. The number of fused-ring (bicyclic) bond motifs is 2. The number of rotatable bonds is 5. The fourth-order valence-electron chi connectivity index (χ4n) is 5.15. The Kier molecular flexibility index (Phi) is 7.64. The average molecular weight is 535 g/mol. The van der Waals surface area contributed by atoms with E-state index in [0.29, 0.717) is 0 Å². The van der Waals surface area contributed by atoms with Crippen LogP contribution >= 0.6 is 11.8 Å². The Bertz CT molecular complexity index is 771. The van der Waals surface area contributed by atoms with Gasteiger partial charge in [0.25, 0.3) is 0 Å². The summed E-state index contributed by atoms with van der Waals surface area (Å²) in [5, 5.41) is 0.00774. The van der Waals surface area contributed by atoms with E-state index < -0.39 is 38.4 Å². The zero-order chi connectivity index (χ0) is 26.1. The van der Waals surface area contributed by atoms with Crippen molar-refractivity contribution in [3.63, 3.8) is 0 Å². The first-order valence-corrected chi connectivity index (χ1v) is 17.0. The molecule has 0 aliphatic carbocycles. The summed E-state index contributed by atoms with van der Waals surface area (Å²) in [4.78, 5) is 0. The molecular weight excluding hydrogens is 488 g/mol. The molecule has 0 amide bonds. The monoisotopic (exact) mass is 534 g/mol. The lowest BCUT2D eigenvalue weighted by atomic mass is 9.98. The maximum atomic E-state index is 6.96. The van der Waals surface area contributed by atoms with E-state index in [-0.39, 0.29) is 47.1 Å². The Morgan fingerprint density at radius 1 is 0.743 bits per heavy atom. The molecular formula is C25H46O8SSi. The Labute approximate surface area is 216 Å². The van der Waals surface area contributed by atoms with E-state index in [1.165, 1.54) is 0 Å². The fraction of sp³-hybridized carbons (Fsp3) is 1.00. The molecule has 0 aromatic rings. The second-order valence-corrected chi connectivity index (χ2v) is 18.4. The second kappa shape index (κ2) is 9.46. The van der Waals surface area contributed by atoms with Gasteiger partial charge in [0.1, 0.15) is 42.1 Å². The molecule has 35 heavy (non-hydrogen) atoms. The van der Waals surface area contributed by atoms with Gasteiger partial charge in [0.05, 0.1) is 12.2 Å². The molecule has 10 atom stereocenters. The first-order chi connectivity index (χ1) is 15.9. The third kappa shape index (κ3) is 5.53. The lowest BCUT2D eigenvalue weighted by molar-refractivity contribution is -0.308. The SMILES string of the molecule is CS[C@H]1O[C@@H](C)[C@H]2OC(C)(C)O[C@H]2[C@@H]1O[C@@H]1O[C@@H](C)[C@H]2OC(C)(C)O[C@H]2[C@@H]1O[Si](C)(C)C(C)(C)C. The Morgan fingerprint density at radius 2 is 1.20 bits per heavy atom. The van der Waals surface area contributed by atoms with E-state index in [2.05, 4.69) is 33.9 Å². The van der Waals surface area contributed by atoms with Crippen LogP contribution in [0.4, 0.5) is 0 Å². The van der Waals surface area contributed by atoms with Crippen LogP contribution in [-0.2, 0) is 37.6 Å². The average Bonchev–Trinajstić information content (AvgIpc) is 3.21. The van der Waals surface area contributed by atoms with Crippen molar-refractivity contribution in [2.24, 2.45) is 0 Å².